The quantitative estimate of drug-likeness (QED) is 0.890. The molecule has 1 atom stereocenters. The Morgan fingerprint density at radius 2 is 2.26 bits per heavy atom. The van der Waals surface area contributed by atoms with Crippen molar-refractivity contribution in [1.29, 1.82) is 0 Å². The number of benzene rings is 1. The van der Waals surface area contributed by atoms with Gasteiger partial charge in [0, 0.05) is 18.2 Å². The SMILES string of the molecule is CC(CN(C)C)NC(=O)c1ccc2nc(N)sc2c1. The van der Waals surface area contributed by atoms with Gasteiger partial charge in [-0.1, -0.05) is 11.3 Å². The number of carbonyl (C=O) groups is 1. The van der Waals surface area contributed by atoms with Crippen LogP contribution in [0.5, 0.6) is 0 Å². The van der Waals surface area contributed by atoms with Gasteiger partial charge < -0.3 is 16.0 Å². The lowest BCUT2D eigenvalue weighted by Gasteiger charge is -2.18. The molecule has 1 amide bonds. The maximum absolute atomic E-state index is 12.1. The molecule has 1 heterocycles. The fourth-order valence-corrected chi connectivity index (χ4v) is 2.76. The third kappa shape index (κ3) is 3.42. The van der Waals surface area contributed by atoms with Gasteiger partial charge in [0.15, 0.2) is 5.13 Å². The molecule has 0 aliphatic rings. The van der Waals surface area contributed by atoms with Crippen molar-refractivity contribution in [3.63, 3.8) is 0 Å². The van der Waals surface area contributed by atoms with Crippen molar-refractivity contribution in [2.75, 3.05) is 26.4 Å². The summed E-state index contributed by atoms with van der Waals surface area (Å²) in [4.78, 5) is 18.3. The number of thiazole rings is 1. The lowest BCUT2D eigenvalue weighted by atomic mass is 10.2. The van der Waals surface area contributed by atoms with E-state index in [1.165, 1.54) is 11.3 Å². The van der Waals surface area contributed by atoms with E-state index in [0.717, 1.165) is 16.8 Å². The summed E-state index contributed by atoms with van der Waals surface area (Å²) in [5.41, 5.74) is 7.13. The number of fused-ring (bicyclic) bond motifs is 1. The summed E-state index contributed by atoms with van der Waals surface area (Å²) in [6, 6.07) is 5.54. The first kappa shape index (κ1) is 13.8. The van der Waals surface area contributed by atoms with E-state index in [1.54, 1.807) is 6.07 Å². The number of nitrogen functional groups attached to an aromatic ring is 1. The number of hydrogen-bond acceptors (Lipinski definition) is 5. The molecule has 0 radical (unpaired) electrons. The van der Waals surface area contributed by atoms with Gasteiger partial charge in [-0.3, -0.25) is 4.79 Å². The Labute approximate surface area is 116 Å². The highest BCUT2D eigenvalue weighted by molar-refractivity contribution is 7.22. The summed E-state index contributed by atoms with van der Waals surface area (Å²) in [6.45, 7) is 2.79. The van der Waals surface area contributed by atoms with Crippen LogP contribution in [0.3, 0.4) is 0 Å². The summed E-state index contributed by atoms with van der Waals surface area (Å²) < 4.78 is 0.936. The fourth-order valence-electron chi connectivity index (χ4n) is 1.98. The zero-order valence-electron chi connectivity index (χ0n) is 11.3. The molecule has 102 valence electrons. The topological polar surface area (TPSA) is 71.2 Å². The van der Waals surface area contributed by atoms with Crippen LogP contribution in [0.1, 0.15) is 17.3 Å². The van der Waals surface area contributed by atoms with Crippen LogP contribution in [0.2, 0.25) is 0 Å². The molecule has 0 aliphatic heterocycles. The first-order valence-corrected chi connectivity index (χ1v) is 6.89. The number of likely N-dealkylation sites (N-methyl/N-ethyl adjacent to an activating group) is 1. The van der Waals surface area contributed by atoms with Crippen molar-refractivity contribution in [3.8, 4) is 0 Å². The Balaban J connectivity index is 2.12. The Kier molecular flexibility index (Phi) is 4.01. The average molecular weight is 278 g/mol. The van der Waals surface area contributed by atoms with Gasteiger partial charge in [0.1, 0.15) is 0 Å². The van der Waals surface area contributed by atoms with E-state index in [9.17, 15) is 4.79 Å². The molecule has 1 unspecified atom stereocenters. The number of nitrogens with two attached hydrogens (primary N) is 1. The van der Waals surface area contributed by atoms with E-state index < -0.39 is 0 Å². The van der Waals surface area contributed by atoms with E-state index in [-0.39, 0.29) is 11.9 Å². The van der Waals surface area contributed by atoms with Crippen molar-refractivity contribution in [3.05, 3.63) is 23.8 Å². The molecule has 5 nitrogen and oxygen atoms in total. The van der Waals surface area contributed by atoms with E-state index in [0.29, 0.717) is 10.7 Å². The van der Waals surface area contributed by atoms with Gasteiger partial charge in [-0.2, -0.15) is 0 Å². The monoisotopic (exact) mass is 278 g/mol. The summed E-state index contributed by atoms with van der Waals surface area (Å²) in [7, 11) is 3.96. The smallest absolute Gasteiger partial charge is 0.251 e. The highest BCUT2D eigenvalue weighted by Gasteiger charge is 2.12. The Bertz CT molecular complexity index is 593. The molecule has 0 fully saturated rings. The van der Waals surface area contributed by atoms with Crippen LogP contribution in [0, 0.1) is 0 Å². The molecule has 2 rings (SSSR count). The third-order valence-corrected chi connectivity index (χ3v) is 3.53. The van der Waals surface area contributed by atoms with E-state index in [4.69, 9.17) is 5.73 Å². The first-order chi connectivity index (χ1) is 8.95. The van der Waals surface area contributed by atoms with Crippen molar-refractivity contribution in [2.24, 2.45) is 0 Å². The van der Waals surface area contributed by atoms with Crippen molar-refractivity contribution in [2.45, 2.75) is 13.0 Å². The van der Waals surface area contributed by atoms with Crippen LogP contribution < -0.4 is 11.1 Å². The summed E-state index contributed by atoms with van der Waals surface area (Å²) >= 11 is 1.39. The van der Waals surface area contributed by atoms with Crippen molar-refractivity contribution in [1.82, 2.24) is 15.2 Å². The number of nitrogens with one attached hydrogen (secondary N) is 1. The summed E-state index contributed by atoms with van der Waals surface area (Å²) in [5.74, 6) is -0.0665. The molecule has 0 saturated carbocycles. The third-order valence-electron chi connectivity index (χ3n) is 2.68. The number of hydrogen-bond donors (Lipinski definition) is 2. The number of rotatable bonds is 4. The molecule has 0 saturated heterocycles. The minimum Gasteiger partial charge on any atom is -0.375 e. The molecule has 1 aromatic heterocycles. The largest absolute Gasteiger partial charge is 0.375 e. The number of carbonyl (C=O) groups excluding carboxylic acids is 1. The van der Waals surface area contributed by atoms with Crippen LogP contribution in [0.15, 0.2) is 18.2 Å². The predicted octanol–water partition coefficient (Wildman–Crippen LogP) is 1.56. The molecule has 0 spiro atoms. The fraction of sp³-hybridized carbons (Fsp3) is 0.385. The van der Waals surface area contributed by atoms with Gasteiger partial charge in [0.05, 0.1) is 10.2 Å². The molecular weight excluding hydrogens is 260 g/mol. The first-order valence-electron chi connectivity index (χ1n) is 6.07. The molecule has 3 N–H and O–H groups in total. The van der Waals surface area contributed by atoms with Crippen molar-refractivity contribution < 1.29 is 4.79 Å². The van der Waals surface area contributed by atoms with Gasteiger partial charge in [0.2, 0.25) is 0 Å². The molecule has 0 aliphatic carbocycles. The minimum atomic E-state index is -0.0665. The van der Waals surface area contributed by atoms with E-state index in [1.807, 2.05) is 38.1 Å². The van der Waals surface area contributed by atoms with Crippen LogP contribution in [0.4, 0.5) is 5.13 Å². The lowest BCUT2D eigenvalue weighted by molar-refractivity contribution is 0.0934. The number of nitrogens with zero attached hydrogens (tertiary/aromatic N) is 2. The Morgan fingerprint density at radius 1 is 1.53 bits per heavy atom. The highest BCUT2D eigenvalue weighted by atomic mass is 32.1. The minimum absolute atomic E-state index is 0.0665. The predicted molar refractivity (Wildman–Crippen MR) is 79.5 cm³/mol. The summed E-state index contributed by atoms with van der Waals surface area (Å²) in [5, 5.41) is 3.49. The maximum Gasteiger partial charge on any atom is 0.251 e. The highest BCUT2D eigenvalue weighted by Crippen LogP contribution is 2.24. The standard InChI is InChI=1S/C13H18N4OS/c1-8(7-17(2)3)15-12(18)9-4-5-10-11(6-9)19-13(14)16-10/h4-6,8H,7H2,1-3H3,(H2,14,16)(H,15,18). The number of anilines is 1. The van der Waals surface area contributed by atoms with Crippen LogP contribution in [-0.4, -0.2) is 42.5 Å². The normalized spacial score (nSPS) is 12.8. The molecule has 6 heteroatoms. The second kappa shape index (κ2) is 5.54. The maximum atomic E-state index is 12.1. The van der Waals surface area contributed by atoms with Gasteiger partial charge in [-0.15, -0.1) is 0 Å². The van der Waals surface area contributed by atoms with Crippen LogP contribution in [-0.2, 0) is 0 Å². The molecule has 1 aromatic carbocycles. The Morgan fingerprint density at radius 3 is 2.95 bits per heavy atom. The van der Waals surface area contributed by atoms with Crippen LogP contribution >= 0.6 is 11.3 Å². The second-order valence-corrected chi connectivity index (χ2v) is 5.93. The lowest BCUT2D eigenvalue weighted by Crippen LogP contribution is -2.39. The zero-order chi connectivity index (χ0) is 14.0. The Hall–Kier alpha value is -1.66. The molecule has 2 aromatic rings. The van der Waals surface area contributed by atoms with Crippen molar-refractivity contribution >= 4 is 32.6 Å². The summed E-state index contributed by atoms with van der Waals surface area (Å²) in [6.07, 6.45) is 0. The van der Waals surface area contributed by atoms with Gasteiger partial charge in [-0.25, -0.2) is 4.98 Å². The van der Waals surface area contributed by atoms with E-state index >= 15 is 0 Å². The van der Waals surface area contributed by atoms with Gasteiger partial charge >= 0.3 is 0 Å². The van der Waals surface area contributed by atoms with Gasteiger partial charge in [0.25, 0.3) is 5.91 Å². The van der Waals surface area contributed by atoms with Gasteiger partial charge in [-0.05, 0) is 39.2 Å². The molecule has 0 bridgehead atoms. The number of aromatic nitrogens is 1. The number of amides is 1. The molecule has 19 heavy (non-hydrogen) atoms. The molecular formula is C13H18N4OS. The van der Waals surface area contributed by atoms with Crippen LogP contribution in [0.25, 0.3) is 10.2 Å². The average Bonchev–Trinajstić information content (AvgIpc) is 2.66. The zero-order valence-corrected chi connectivity index (χ0v) is 12.1. The second-order valence-electron chi connectivity index (χ2n) is 4.87. The van der Waals surface area contributed by atoms with E-state index in [2.05, 4.69) is 10.3 Å².